The molecule has 0 atom stereocenters. The average molecular weight is 281 g/mol. The summed E-state index contributed by atoms with van der Waals surface area (Å²) in [6.07, 6.45) is 2.64. The first kappa shape index (κ1) is 13.0. The van der Waals surface area contributed by atoms with Gasteiger partial charge in [-0.1, -0.05) is 11.6 Å². The number of benzene rings is 1. The van der Waals surface area contributed by atoms with Crippen LogP contribution in [-0.2, 0) is 0 Å². The lowest BCUT2D eigenvalue weighted by atomic mass is 10.2. The van der Waals surface area contributed by atoms with Crippen LogP contribution in [0.25, 0.3) is 0 Å². The summed E-state index contributed by atoms with van der Waals surface area (Å²) in [6.45, 7) is 0. The fraction of sp³-hybridized carbons (Fsp3) is 0. The van der Waals surface area contributed by atoms with E-state index >= 15 is 0 Å². The summed E-state index contributed by atoms with van der Waals surface area (Å²) in [7, 11) is 0. The molecule has 19 heavy (non-hydrogen) atoms. The minimum atomic E-state index is -0.504. The summed E-state index contributed by atoms with van der Waals surface area (Å²) < 4.78 is 4.87. The van der Waals surface area contributed by atoms with E-state index in [1.165, 1.54) is 30.7 Å². The maximum absolute atomic E-state index is 11.4. The molecule has 2 rings (SSSR count). The number of amides is 1. The Morgan fingerprint density at radius 3 is 2.84 bits per heavy atom. The number of furan rings is 1. The number of hydrazone groups is 1. The van der Waals surface area contributed by atoms with Crippen LogP contribution in [0.5, 0.6) is 11.5 Å². The van der Waals surface area contributed by atoms with Crippen LogP contribution >= 0.6 is 11.6 Å². The molecule has 0 unspecified atom stereocenters. The summed E-state index contributed by atoms with van der Waals surface area (Å²) in [5, 5.41) is 22.3. The zero-order chi connectivity index (χ0) is 13.8. The van der Waals surface area contributed by atoms with Crippen LogP contribution in [-0.4, -0.2) is 22.3 Å². The van der Waals surface area contributed by atoms with E-state index in [-0.39, 0.29) is 16.5 Å². The predicted octanol–water partition coefficient (Wildman–Crippen LogP) is 2.11. The lowest BCUT2D eigenvalue weighted by molar-refractivity contribution is 0.0927. The van der Waals surface area contributed by atoms with E-state index in [1.807, 2.05) is 0 Å². The summed E-state index contributed by atoms with van der Waals surface area (Å²) in [6, 6.07) is 5.72. The average Bonchev–Trinajstić information content (AvgIpc) is 2.89. The topological polar surface area (TPSA) is 95.1 Å². The van der Waals surface area contributed by atoms with E-state index in [4.69, 9.17) is 16.0 Å². The van der Waals surface area contributed by atoms with Crippen molar-refractivity contribution in [2.45, 2.75) is 0 Å². The zero-order valence-electron chi connectivity index (χ0n) is 9.50. The van der Waals surface area contributed by atoms with Crippen molar-refractivity contribution in [1.82, 2.24) is 5.43 Å². The molecule has 0 fully saturated rings. The van der Waals surface area contributed by atoms with Crippen molar-refractivity contribution in [3.8, 4) is 11.5 Å². The SMILES string of the molecule is O=C(N/N=C/c1cc(O)c(O)c(Cl)c1)c1ccco1. The Labute approximate surface area is 112 Å². The molecule has 0 aliphatic carbocycles. The first-order chi connectivity index (χ1) is 9.08. The first-order valence-corrected chi connectivity index (χ1v) is 5.54. The molecule has 0 saturated carbocycles. The van der Waals surface area contributed by atoms with Gasteiger partial charge in [-0.2, -0.15) is 5.10 Å². The maximum Gasteiger partial charge on any atom is 0.307 e. The molecule has 3 N–H and O–H groups in total. The molecule has 2 aromatic rings. The van der Waals surface area contributed by atoms with Gasteiger partial charge in [-0.05, 0) is 29.8 Å². The van der Waals surface area contributed by atoms with Gasteiger partial charge < -0.3 is 14.6 Å². The molecule has 0 aliphatic rings. The summed E-state index contributed by atoms with van der Waals surface area (Å²) in [5.74, 6) is -1.15. The monoisotopic (exact) mass is 280 g/mol. The molecule has 0 saturated heterocycles. The van der Waals surface area contributed by atoms with Gasteiger partial charge in [0.25, 0.3) is 0 Å². The number of aromatic hydroxyl groups is 2. The van der Waals surface area contributed by atoms with Crippen LogP contribution in [0.1, 0.15) is 16.1 Å². The maximum atomic E-state index is 11.4. The van der Waals surface area contributed by atoms with Gasteiger partial charge in [0.15, 0.2) is 17.3 Å². The fourth-order valence-electron chi connectivity index (χ4n) is 1.31. The quantitative estimate of drug-likeness (QED) is 0.456. The number of carbonyl (C=O) groups is 1. The summed E-state index contributed by atoms with van der Waals surface area (Å²) >= 11 is 5.67. The van der Waals surface area contributed by atoms with Crippen LogP contribution in [0.15, 0.2) is 40.0 Å². The second kappa shape index (κ2) is 5.45. The van der Waals surface area contributed by atoms with E-state index in [9.17, 15) is 15.0 Å². The number of hydrogen-bond donors (Lipinski definition) is 3. The second-order valence-electron chi connectivity index (χ2n) is 3.55. The Kier molecular flexibility index (Phi) is 3.72. The number of rotatable bonds is 3. The van der Waals surface area contributed by atoms with Gasteiger partial charge in [0.1, 0.15) is 0 Å². The van der Waals surface area contributed by atoms with Gasteiger partial charge in [0, 0.05) is 0 Å². The van der Waals surface area contributed by atoms with E-state index in [0.29, 0.717) is 5.56 Å². The lowest BCUT2D eigenvalue weighted by Crippen LogP contribution is -2.16. The Morgan fingerprint density at radius 1 is 1.42 bits per heavy atom. The number of phenolic OH excluding ortho intramolecular Hbond substituents is 2. The van der Waals surface area contributed by atoms with Crippen molar-refractivity contribution in [3.05, 3.63) is 46.9 Å². The van der Waals surface area contributed by atoms with Crippen molar-refractivity contribution >= 4 is 23.7 Å². The highest BCUT2D eigenvalue weighted by molar-refractivity contribution is 6.32. The molecule has 0 bridgehead atoms. The van der Waals surface area contributed by atoms with E-state index < -0.39 is 11.7 Å². The minimum absolute atomic E-state index is 0.0150. The molecule has 0 aliphatic heterocycles. The highest BCUT2D eigenvalue weighted by Gasteiger charge is 2.07. The molecule has 0 radical (unpaired) electrons. The summed E-state index contributed by atoms with van der Waals surface area (Å²) in [5.41, 5.74) is 2.65. The Balaban J connectivity index is 2.05. The van der Waals surface area contributed by atoms with Gasteiger partial charge in [-0.3, -0.25) is 4.79 Å². The molecule has 7 heteroatoms. The molecule has 1 heterocycles. The van der Waals surface area contributed by atoms with Crippen molar-refractivity contribution in [3.63, 3.8) is 0 Å². The fourth-order valence-corrected chi connectivity index (χ4v) is 1.53. The van der Waals surface area contributed by atoms with Crippen LogP contribution in [0.4, 0.5) is 0 Å². The molecule has 1 aromatic heterocycles. The smallest absolute Gasteiger partial charge is 0.307 e. The number of nitrogens with zero attached hydrogens (tertiary/aromatic N) is 1. The molecular formula is C12H9ClN2O4. The second-order valence-corrected chi connectivity index (χ2v) is 3.95. The number of nitrogens with one attached hydrogen (secondary N) is 1. The highest BCUT2D eigenvalue weighted by Crippen LogP contribution is 2.33. The van der Waals surface area contributed by atoms with E-state index in [1.54, 1.807) is 6.07 Å². The summed E-state index contributed by atoms with van der Waals surface area (Å²) in [4.78, 5) is 11.4. The van der Waals surface area contributed by atoms with Crippen LogP contribution in [0, 0.1) is 0 Å². The van der Waals surface area contributed by atoms with Crippen molar-refractivity contribution < 1.29 is 19.4 Å². The van der Waals surface area contributed by atoms with Crippen LogP contribution in [0.2, 0.25) is 5.02 Å². The number of carbonyl (C=O) groups excluding carboxylic acids is 1. The molecule has 6 nitrogen and oxygen atoms in total. The molecule has 1 aromatic carbocycles. The van der Waals surface area contributed by atoms with Gasteiger partial charge in [-0.15, -0.1) is 0 Å². The van der Waals surface area contributed by atoms with Crippen LogP contribution < -0.4 is 5.43 Å². The molecular weight excluding hydrogens is 272 g/mol. The molecule has 1 amide bonds. The number of hydrogen-bond acceptors (Lipinski definition) is 5. The third-order valence-corrected chi connectivity index (χ3v) is 2.48. The van der Waals surface area contributed by atoms with Gasteiger partial charge in [-0.25, -0.2) is 5.43 Å². The predicted molar refractivity (Wildman–Crippen MR) is 68.5 cm³/mol. The van der Waals surface area contributed by atoms with E-state index in [2.05, 4.69) is 10.5 Å². The zero-order valence-corrected chi connectivity index (χ0v) is 10.3. The minimum Gasteiger partial charge on any atom is -0.504 e. The molecule has 98 valence electrons. The highest BCUT2D eigenvalue weighted by atomic mass is 35.5. The lowest BCUT2D eigenvalue weighted by Gasteiger charge is -2.01. The Hall–Kier alpha value is -2.47. The third-order valence-electron chi connectivity index (χ3n) is 2.19. The standard InChI is InChI=1S/C12H9ClN2O4/c13-8-4-7(5-9(16)11(8)17)6-14-15-12(18)10-2-1-3-19-10/h1-6,16-17H,(H,15,18)/b14-6+. The van der Waals surface area contributed by atoms with Gasteiger partial charge >= 0.3 is 5.91 Å². The number of halogens is 1. The number of phenols is 2. The van der Waals surface area contributed by atoms with Crippen molar-refractivity contribution in [1.29, 1.82) is 0 Å². The van der Waals surface area contributed by atoms with Gasteiger partial charge in [0.05, 0.1) is 17.5 Å². The van der Waals surface area contributed by atoms with Crippen molar-refractivity contribution in [2.24, 2.45) is 5.10 Å². The third kappa shape index (κ3) is 3.05. The van der Waals surface area contributed by atoms with E-state index in [0.717, 1.165) is 0 Å². The normalized spacial score (nSPS) is 10.8. The van der Waals surface area contributed by atoms with Crippen molar-refractivity contribution in [2.75, 3.05) is 0 Å². The first-order valence-electron chi connectivity index (χ1n) is 5.16. The van der Waals surface area contributed by atoms with Gasteiger partial charge in [0.2, 0.25) is 0 Å². The van der Waals surface area contributed by atoms with Crippen LogP contribution in [0.3, 0.4) is 0 Å². The largest absolute Gasteiger partial charge is 0.504 e. The Bertz CT molecular complexity index is 600. The Morgan fingerprint density at radius 2 is 2.21 bits per heavy atom. The molecule has 0 spiro atoms.